The Hall–Kier alpha value is -0.340. The molecule has 0 bridgehead atoms. The van der Waals surface area contributed by atoms with Gasteiger partial charge in [-0.05, 0) is 43.2 Å². The van der Waals surface area contributed by atoms with Crippen LogP contribution in [0.15, 0.2) is 17.5 Å². The molecule has 1 N–H and O–H groups in total. The van der Waals surface area contributed by atoms with Gasteiger partial charge in [0.2, 0.25) is 0 Å². The zero-order valence-electron chi connectivity index (χ0n) is 8.83. The maximum Gasteiger partial charge on any atom is 0.0143 e. The third-order valence-corrected chi connectivity index (χ3v) is 4.09. The first kappa shape index (κ1) is 10.2. The molecule has 2 heteroatoms. The number of hydrogen-bond donors (Lipinski definition) is 1. The maximum absolute atomic E-state index is 3.63. The molecule has 78 valence electrons. The number of rotatable bonds is 5. The topological polar surface area (TPSA) is 12.0 Å². The fourth-order valence-electron chi connectivity index (χ4n) is 2.16. The van der Waals surface area contributed by atoms with E-state index in [9.17, 15) is 0 Å². The Labute approximate surface area is 90.5 Å². The molecule has 0 spiro atoms. The number of hydrogen-bond acceptors (Lipinski definition) is 2. The minimum absolute atomic E-state index is 0.729. The van der Waals surface area contributed by atoms with Gasteiger partial charge >= 0.3 is 0 Å². The molecule has 1 atom stereocenters. The van der Waals surface area contributed by atoms with Gasteiger partial charge in [0.25, 0.3) is 0 Å². The van der Waals surface area contributed by atoms with E-state index in [4.69, 9.17) is 0 Å². The summed E-state index contributed by atoms with van der Waals surface area (Å²) in [6.07, 6.45) is 5.54. The Balaban J connectivity index is 1.89. The van der Waals surface area contributed by atoms with E-state index in [2.05, 4.69) is 29.8 Å². The highest BCUT2D eigenvalue weighted by Crippen LogP contribution is 2.31. The van der Waals surface area contributed by atoms with E-state index in [1.54, 1.807) is 0 Å². The van der Waals surface area contributed by atoms with Crippen molar-refractivity contribution in [2.75, 3.05) is 6.54 Å². The molecule has 0 radical (unpaired) electrons. The van der Waals surface area contributed by atoms with Gasteiger partial charge in [-0.2, -0.15) is 0 Å². The molecule has 0 aliphatic heterocycles. The van der Waals surface area contributed by atoms with Gasteiger partial charge in [0, 0.05) is 10.9 Å². The molecule has 0 amide bonds. The predicted octanol–water partition coefficient (Wildman–Crippen LogP) is 3.07. The molecule has 14 heavy (non-hydrogen) atoms. The lowest BCUT2D eigenvalue weighted by molar-refractivity contribution is 0.230. The van der Waals surface area contributed by atoms with Crippen LogP contribution in [-0.2, 0) is 6.42 Å². The molecule has 1 aliphatic carbocycles. The first-order valence-electron chi connectivity index (χ1n) is 5.66. The zero-order chi connectivity index (χ0) is 9.80. The van der Waals surface area contributed by atoms with Crippen LogP contribution in [-0.4, -0.2) is 12.6 Å². The van der Waals surface area contributed by atoms with Crippen LogP contribution < -0.4 is 5.32 Å². The van der Waals surface area contributed by atoms with Crippen molar-refractivity contribution in [2.24, 2.45) is 5.92 Å². The highest BCUT2D eigenvalue weighted by atomic mass is 32.1. The molecular weight excluding hydrogens is 190 g/mol. The molecule has 1 aromatic rings. The van der Waals surface area contributed by atoms with E-state index in [0.29, 0.717) is 0 Å². The van der Waals surface area contributed by atoms with Gasteiger partial charge in [-0.3, -0.25) is 0 Å². The summed E-state index contributed by atoms with van der Waals surface area (Å²) in [4.78, 5) is 1.53. The fourth-order valence-corrected chi connectivity index (χ4v) is 2.92. The van der Waals surface area contributed by atoms with Gasteiger partial charge in [-0.25, -0.2) is 0 Å². The quantitative estimate of drug-likeness (QED) is 0.786. The molecule has 1 aromatic heterocycles. The van der Waals surface area contributed by atoms with E-state index in [0.717, 1.165) is 18.5 Å². The van der Waals surface area contributed by atoms with Crippen LogP contribution in [0, 0.1) is 5.92 Å². The molecule has 0 saturated heterocycles. The Morgan fingerprint density at radius 2 is 2.43 bits per heavy atom. The van der Waals surface area contributed by atoms with Crippen LogP contribution in [0.5, 0.6) is 0 Å². The molecule has 1 aliphatic rings. The third-order valence-electron chi connectivity index (χ3n) is 3.19. The minimum atomic E-state index is 0.729. The van der Waals surface area contributed by atoms with E-state index in [-0.39, 0.29) is 0 Å². The summed E-state index contributed by atoms with van der Waals surface area (Å²) in [5.74, 6) is 0.942. The fraction of sp³-hybridized carbons (Fsp3) is 0.667. The van der Waals surface area contributed by atoms with E-state index >= 15 is 0 Å². The maximum atomic E-state index is 3.63. The number of likely N-dealkylation sites (N-methyl/N-ethyl adjacent to an activating group) is 1. The lowest BCUT2D eigenvalue weighted by Crippen LogP contribution is -2.40. The summed E-state index contributed by atoms with van der Waals surface area (Å²) in [6, 6.07) is 5.14. The van der Waals surface area contributed by atoms with E-state index < -0.39 is 0 Å². The van der Waals surface area contributed by atoms with Crippen LogP contribution in [0.4, 0.5) is 0 Å². The van der Waals surface area contributed by atoms with Crippen molar-refractivity contribution < 1.29 is 0 Å². The molecule has 1 unspecified atom stereocenters. The lowest BCUT2D eigenvalue weighted by Gasteiger charge is -2.34. The summed E-state index contributed by atoms with van der Waals surface area (Å²) in [5, 5.41) is 5.81. The van der Waals surface area contributed by atoms with Crippen LogP contribution in [0.2, 0.25) is 0 Å². The van der Waals surface area contributed by atoms with Crippen molar-refractivity contribution in [3.05, 3.63) is 22.4 Å². The van der Waals surface area contributed by atoms with Crippen LogP contribution >= 0.6 is 11.3 Å². The Kier molecular flexibility index (Phi) is 3.60. The number of nitrogens with one attached hydrogen (secondary N) is 1. The highest BCUT2D eigenvalue weighted by molar-refractivity contribution is 7.09. The monoisotopic (exact) mass is 209 g/mol. The van der Waals surface area contributed by atoms with Crippen molar-refractivity contribution in [2.45, 2.75) is 38.6 Å². The predicted molar refractivity (Wildman–Crippen MR) is 62.8 cm³/mol. The van der Waals surface area contributed by atoms with Gasteiger partial charge in [0.1, 0.15) is 0 Å². The minimum Gasteiger partial charge on any atom is -0.314 e. The third kappa shape index (κ3) is 2.37. The van der Waals surface area contributed by atoms with Crippen molar-refractivity contribution in [3.63, 3.8) is 0 Å². The average molecular weight is 209 g/mol. The summed E-state index contributed by atoms with van der Waals surface area (Å²) >= 11 is 1.89. The number of thiophene rings is 1. The second-order valence-corrected chi connectivity index (χ2v) is 5.17. The normalized spacial score (nSPS) is 19.2. The largest absolute Gasteiger partial charge is 0.314 e. The molecule has 1 fully saturated rings. The highest BCUT2D eigenvalue weighted by Gasteiger charge is 2.26. The second kappa shape index (κ2) is 4.94. The Bertz CT molecular complexity index is 251. The van der Waals surface area contributed by atoms with Crippen LogP contribution in [0.25, 0.3) is 0 Å². The summed E-state index contributed by atoms with van der Waals surface area (Å²) < 4.78 is 0. The average Bonchev–Trinajstić information content (AvgIpc) is 2.54. The van der Waals surface area contributed by atoms with Crippen LogP contribution in [0.1, 0.15) is 31.1 Å². The SMILES string of the molecule is CCNC(Cc1cccs1)C1CCC1. The van der Waals surface area contributed by atoms with E-state index in [1.165, 1.54) is 30.6 Å². The lowest BCUT2D eigenvalue weighted by atomic mass is 9.78. The molecule has 1 nitrogen and oxygen atoms in total. The van der Waals surface area contributed by atoms with Gasteiger partial charge in [-0.15, -0.1) is 11.3 Å². The molecule has 0 aromatic carbocycles. The second-order valence-electron chi connectivity index (χ2n) is 4.14. The van der Waals surface area contributed by atoms with Crippen molar-refractivity contribution in [3.8, 4) is 0 Å². The summed E-state index contributed by atoms with van der Waals surface area (Å²) in [5.41, 5.74) is 0. The first-order valence-corrected chi connectivity index (χ1v) is 6.54. The van der Waals surface area contributed by atoms with Crippen molar-refractivity contribution in [1.82, 2.24) is 5.32 Å². The van der Waals surface area contributed by atoms with Crippen molar-refractivity contribution in [1.29, 1.82) is 0 Å². The van der Waals surface area contributed by atoms with E-state index in [1.807, 2.05) is 11.3 Å². The molecule has 2 rings (SSSR count). The van der Waals surface area contributed by atoms with Crippen LogP contribution in [0.3, 0.4) is 0 Å². The Morgan fingerprint density at radius 1 is 1.57 bits per heavy atom. The van der Waals surface area contributed by atoms with Gasteiger partial charge in [-0.1, -0.05) is 19.4 Å². The van der Waals surface area contributed by atoms with Crippen molar-refractivity contribution >= 4 is 11.3 Å². The van der Waals surface area contributed by atoms with Gasteiger partial charge in [0.15, 0.2) is 0 Å². The molecule has 1 saturated carbocycles. The molecule has 1 heterocycles. The standard InChI is InChI=1S/C12H19NS/c1-2-13-12(10-5-3-6-10)9-11-7-4-8-14-11/h4,7-8,10,12-13H,2-3,5-6,9H2,1H3. The van der Waals surface area contributed by atoms with Gasteiger partial charge < -0.3 is 5.32 Å². The smallest absolute Gasteiger partial charge is 0.0143 e. The summed E-state index contributed by atoms with van der Waals surface area (Å²) in [6.45, 7) is 3.31. The Morgan fingerprint density at radius 3 is 2.93 bits per heavy atom. The van der Waals surface area contributed by atoms with Gasteiger partial charge in [0.05, 0.1) is 0 Å². The first-order chi connectivity index (χ1) is 6.90. The molecular formula is C12H19NS. The summed E-state index contributed by atoms with van der Waals surface area (Å²) in [7, 11) is 0. The zero-order valence-corrected chi connectivity index (χ0v) is 9.65.